The molecule has 0 saturated heterocycles. The van der Waals surface area contributed by atoms with Crippen LogP contribution in [-0.4, -0.2) is 11.9 Å². The number of nitrogens with one attached hydrogen (secondary N) is 1. The number of rotatable bonds is 6. The largest absolute Gasteiger partial charge is 0.447 e. The Morgan fingerprint density at radius 2 is 2.11 bits per heavy atom. The van der Waals surface area contributed by atoms with Crippen molar-refractivity contribution in [2.24, 2.45) is 5.73 Å². The minimum atomic E-state index is -0.349. The van der Waals surface area contributed by atoms with E-state index in [-0.39, 0.29) is 11.9 Å². The monoisotopic (exact) mass is 276 g/mol. The normalized spacial score (nSPS) is 12.1. The maximum Gasteiger partial charge on any atom is 0.234 e. The number of hydrogen-bond donors (Lipinski definition) is 2. The van der Waals surface area contributed by atoms with Crippen LogP contribution >= 0.6 is 11.3 Å². The first-order valence-corrected chi connectivity index (χ1v) is 6.86. The summed E-state index contributed by atoms with van der Waals surface area (Å²) in [6, 6.07) is 11.3. The van der Waals surface area contributed by atoms with Crippen molar-refractivity contribution in [2.75, 3.05) is 0 Å². The summed E-state index contributed by atoms with van der Waals surface area (Å²) in [6.45, 7) is 2.35. The van der Waals surface area contributed by atoms with E-state index in [0.29, 0.717) is 6.54 Å². The molecule has 19 heavy (non-hydrogen) atoms. The molecule has 5 heteroatoms. The third kappa shape index (κ3) is 4.08. The van der Waals surface area contributed by atoms with Crippen LogP contribution in [0.5, 0.6) is 10.8 Å². The van der Waals surface area contributed by atoms with Crippen LogP contribution in [0.4, 0.5) is 0 Å². The van der Waals surface area contributed by atoms with E-state index in [0.717, 1.165) is 16.4 Å². The van der Waals surface area contributed by atoms with Gasteiger partial charge in [-0.1, -0.05) is 12.1 Å². The number of amides is 1. The molecule has 2 aromatic rings. The standard InChI is InChI=1S/C14H16N2O2S/c1-10(14(15)17)16-9-11-4-6-12(7-5-11)18-13-3-2-8-19-13/h2-8,10,16H,9H2,1H3,(H2,15,17). The minimum absolute atomic E-state index is 0.331. The highest BCUT2D eigenvalue weighted by Crippen LogP contribution is 2.25. The second-order valence-electron chi connectivity index (χ2n) is 4.18. The maximum absolute atomic E-state index is 10.9. The van der Waals surface area contributed by atoms with Crippen molar-refractivity contribution >= 4 is 17.2 Å². The van der Waals surface area contributed by atoms with Gasteiger partial charge < -0.3 is 15.8 Å². The highest BCUT2D eigenvalue weighted by molar-refractivity contribution is 7.11. The summed E-state index contributed by atoms with van der Waals surface area (Å²) in [4.78, 5) is 10.9. The second-order valence-corrected chi connectivity index (χ2v) is 5.09. The summed E-state index contributed by atoms with van der Waals surface area (Å²) in [5, 5.41) is 5.89. The fourth-order valence-corrected chi connectivity index (χ4v) is 2.08. The van der Waals surface area contributed by atoms with Gasteiger partial charge in [-0.2, -0.15) is 0 Å². The van der Waals surface area contributed by atoms with Crippen molar-refractivity contribution in [3.05, 3.63) is 47.3 Å². The predicted molar refractivity (Wildman–Crippen MR) is 76.3 cm³/mol. The Balaban J connectivity index is 1.89. The van der Waals surface area contributed by atoms with Gasteiger partial charge in [-0.3, -0.25) is 4.79 Å². The highest BCUT2D eigenvalue weighted by Gasteiger charge is 2.07. The third-order valence-electron chi connectivity index (χ3n) is 2.68. The van der Waals surface area contributed by atoms with Crippen molar-refractivity contribution in [1.29, 1.82) is 0 Å². The zero-order valence-corrected chi connectivity index (χ0v) is 11.4. The van der Waals surface area contributed by atoms with Crippen LogP contribution in [0, 0.1) is 0 Å². The molecule has 0 bridgehead atoms. The molecule has 0 spiro atoms. The Morgan fingerprint density at radius 1 is 1.37 bits per heavy atom. The lowest BCUT2D eigenvalue weighted by Gasteiger charge is -2.10. The molecular formula is C14H16N2O2S. The number of carbonyl (C=O) groups is 1. The van der Waals surface area contributed by atoms with Crippen molar-refractivity contribution in [2.45, 2.75) is 19.5 Å². The SMILES string of the molecule is CC(NCc1ccc(Oc2cccs2)cc1)C(N)=O. The first-order chi connectivity index (χ1) is 9.15. The molecule has 1 aromatic carbocycles. The topological polar surface area (TPSA) is 64.3 Å². The fourth-order valence-electron chi connectivity index (χ4n) is 1.48. The van der Waals surface area contributed by atoms with Gasteiger partial charge in [-0.15, -0.1) is 11.3 Å². The molecule has 0 saturated carbocycles. The summed E-state index contributed by atoms with van der Waals surface area (Å²) in [6.07, 6.45) is 0. The Hall–Kier alpha value is -1.85. The van der Waals surface area contributed by atoms with Gasteiger partial charge in [0.15, 0.2) is 5.06 Å². The molecule has 100 valence electrons. The van der Waals surface area contributed by atoms with E-state index in [9.17, 15) is 4.79 Å². The summed E-state index contributed by atoms with van der Waals surface area (Å²) < 4.78 is 5.66. The summed E-state index contributed by atoms with van der Waals surface area (Å²) in [5.74, 6) is 0.451. The quantitative estimate of drug-likeness (QED) is 0.852. The zero-order chi connectivity index (χ0) is 13.7. The highest BCUT2D eigenvalue weighted by atomic mass is 32.1. The van der Waals surface area contributed by atoms with Crippen LogP contribution in [0.2, 0.25) is 0 Å². The van der Waals surface area contributed by atoms with E-state index >= 15 is 0 Å². The molecule has 1 heterocycles. The van der Waals surface area contributed by atoms with Gasteiger partial charge in [-0.05, 0) is 42.1 Å². The number of hydrogen-bond acceptors (Lipinski definition) is 4. The number of benzene rings is 1. The molecule has 1 atom stereocenters. The Labute approximate surface area is 116 Å². The molecule has 0 aliphatic carbocycles. The van der Waals surface area contributed by atoms with Crippen LogP contribution in [0.25, 0.3) is 0 Å². The van der Waals surface area contributed by atoms with Gasteiger partial charge in [-0.25, -0.2) is 0 Å². The van der Waals surface area contributed by atoms with E-state index in [4.69, 9.17) is 10.5 Å². The van der Waals surface area contributed by atoms with Gasteiger partial charge in [0.1, 0.15) is 5.75 Å². The molecule has 4 nitrogen and oxygen atoms in total. The zero-order valence-electron chi connectivity index (χ0n) is 10.6. The molecule has 0 aliphatic rings. The van der Waals surface area contributed by atoms with E-state index in [1.54, 1.807) is 18.3 Å². The number of ether oxygens (including phenoxy) is 1. The van der Waals surface area contributed by atoms with Crippen molar-refractivity contribution < 1.29 is 9.53 Å². The predicted octanol–water partition coefficient (Wildman–Crippen LogP) is 2.50. The molecule has 3 N–H and O–H groups in total. The number of primary amides is 1. The van der Waals surface area contributed by atoms with Crippen molar-refractivity contribution in [3.63, 3.8) is 0 Å². The number of carbonyl (C=O) groups excluding carboxylic acids is 1. The molecule has 1 aromatic heterocycles. The maximum atomic E-state index is 10.9. The minimum Gasteiger partial charge on any atom is -0.447 e. The smallest absolute Gasteiger partial charge is 0.234 e. The Kier molecular flexibility index (Phi) is 4.54. The van der Waals surface area contributed by atoms with Crippen LogP contribution in [0.1, 0.15) is 12.5 Å². The lowest BCUT2D eigenvalue weighted by Crippen LogP contribution is -2.38. The molecule has 0 radical (unpaired) electrons. The molecule has 1 unspecified atom stereocenters. The van der Waals surface area contributed by atoms with Gasteiger partial charge >= 0.3 is 0 Å². The molecule has 0 fully saturated rings. The van der Waals surface area contributed by atoms with E-state index in [2.05, 4.69) is 5.32 Å². The Bertz CT molecular complexity index is 523. The van der Waals surface area contributed by atoms with E-state index in [1.165, 1.54) is 0 Å². The van der Waals surface area contributed by atoms with Crippen molar-refractivity contribution in [1.82, 2.24) is 5.32 Å². The first kappa shape index (κ1) is 13.6. The van der Waals surface area contributed by atoms with Crippen LogP contribution in [0.3, 0.4) is 0 Å². The lowest BCUT2D eigenvalue weighted by atomic mass is 10.2. The van der Waals surface area contributed by atoms with Gasteiger partial charge in [0, 0.05) is 6.54 Å². The fraction of sp³-hybridized carbons (Fsp3) is 0.214. The molecule has 0 aliphatic heterocycles. The first-order valence-electron chi connectivity index (χ1n) is 5.98. The summed E-state index contributed by atoms with van der Waals surface area (Å²) in [7, 11) is 0. The van der Waals surface area contributed by atoms with Gasteiger partial charge in [0.25, 0.3) is 0 Å². The Morgan fingerprint density at radius 3 is 2.68 bits per heavy atom. The van der Waals surface area contributed by atoms with Gasteiger partial charge in [0.05, 0.1) is 6.04 Å². The number of nitrogens with two attached hydrogens (primary N) is 1. The van der Waals surface area contributed by atoms with Crippen LogP contribution in [-0.2, 0) is 11.3 Å². The number of thiophene rings is 1. The van der Waals surface area contributed by atoms with Crippen LogP contribution < -0.4 is 15.8 Å². The van der Waals surface area contributed by atoms with E-state index < -0.39 is 0 Å². The van der Waals surface area contributed by atoms with Crippen molar-refractivity contribution in [3.8, 4) is 10.8 Å². The average Bonchev–Trinajstić information content (AvgIpc) is 2.90. The van der Waals surface area contributed by atoms with Crippen LogP contribution in [0.15, 0.2) is 41.8 Å². The van der Waals surface area contributed by atoms with E-state index in [1.807, 2.05) is 41.8 Å². The summed E-state index contributed by atoms with van der Waals surface area (Å²) in [5.41, 5.74) is 6.26. The lowest BCUT2D eigenvalue weighted by molar-refractivity contribution is -0.119. The molecule has 1 amide bonds. The molecular weight excluding hydrogens is 260 g/mol. The average molecular weight is 276 g/mol. The second kappa shape index (κ2) is 6.36. The summed E-state index contributed by atoms with van der Waals surface area (Å²) >= 11 is 1.55. The van der Waals surface area contributed by atoms with Gasteiger partial charge in [0.2, 0.25) is 5.91 Å². The molecule has 2 rings (SSSR count). The third-order valence-corrected chi connectivity index (χ3v) is 3.42.